The van der Waals surface area contributed by atoms with Gasteiger partial charge < -0.3 is 5.32 Å². The smallest absolute Gasteiger partial charge is 0.263 e. The Balaban J connectivity index is 1.62. The van der Waals surface area contributed by atoms with Gasteiger partial charge in [-0.05, 0) is 57.2 Å². The maximum absolute atomic E-state index is 13.4. The third kappa shape index (κ3) is 4.37. The van der Waals surface area contributed by atoms with E-state index in [-0.39, 0.29) is 17.2 Å². The molecule has 0 spiro atoms. The van der Waals surface area contributed by atoms with Crippen LogP contribution in [-0.4, -0.2) is 21.2 Å². The third-order valence-electron chi connectivity index (χ3n) is 5.14. The summed E-state index contributed by atoms with van der Waals surface area (Å²) in [6, 6.07) is 7.69. The van der Waals surface area contributed by atoms with Gasteiger partial charge in [-0.2, -0.15) is 0 Å². The van der Waals surface area contributed by atoms with Crippen molar-refractivity contribution in [2.75, 3.05) is 11.1 Å². The number of carbonyl (C=O) groups is 1. The SMILES string of the molecule is C=C(C)Cn1c(SCC(=O)Nc2ccc(C)cc2)nc2sc3c(c2c1=O)CCCC3. The van der Waals surface area contributed by atoms with Crippen molar-refractivity contribution in [2.45, 2.75) is 51.2 Å². The lowest BCUT2D eigenvalue weighted by Crippen LogP contribution is -2.25. The molecule has 1 amide bonds. The Labute approximate surface area is 184 Å². The van der Waals surface area contributed by atoms with Gasteiger partial charge in [0.25, 0.3) is 5.56 Å². The molecule has 1 aromatic carbocycles. The van der Waals surface area contributed by atoms with Crippen LogP contribution in [0.25, 0.3) is 10.2 Å². The maximum atomic E-state index is 13.4. The van der Waals surface area contributed by atoms with Crippen molar-refractivity contribution in [2.24, 2.45) is 0 Å². The van der Waals surface area contributed by atoms with Crippen LogP contribution >= 0.6 is 23.1 Å². The van der Waals surface area contributed by atoms with Gasteiger partial charge in [-0.1, -0.05) is 41.6 Å². The minimum absolute atomic E-state index is 0.0103. The summed E-state index contributed by atoms with van der Waals surface area (Å²) < 4.78 is 1.68. The number of hydrogen-bond donors (Lipinski definition) is 1. The molecule has 0 atom stereocenters. The van der Waals surface area contributed by atoms with E-state index < -0.39 is 0 Å². The molecule has 0 saturated carbocycles. The zero-order valence-corrected chi connectivity index (χ0v) is 18.9. The highest BCUT2D eigenvalue weighted by atomic mass is 32.2. The Morgan fingerprint density at radius 3 is 2.73 bits per heavy atom. The van der Waals surface area contributed by atoms with Crippen LogP contribution in [0, 0.1) is 6.92 Å². The monoisotopic (exact) mass is 439 g/mol. The Hall–Kier alpha value is -2.38. The first-order chi connectivity index (χ1) is 14.4. The number of carbonyl (C=O) groups excluding carboxylic acids is 1. The normalized spacial score (nSPS) is 13.3. The molecule has 0 unspecified atom stereocenters. The lowest BCUT2D eigenvalue weighted by atomic mass is 9.97. The van der Waals surface area contributed by atoms with Gasteiger partial charge in [-0.3, -0.25) is 14.2 Å². The van der Waals surface area contributed by atoms with Crippen molar-refractivity contribution >= 4 is 44.9 Å². The van der Waals surface area contributed by atoms with E-state index in [1.54, 1.807) is 15.9 Å². The highest BCUT2D eigenvalue weighted by Gasteiger charge is 2.22. The molecule has 0 aliphatic heterocycles. The Morgan fingerprint density at radius 2 is 2.00 bits per heavy atom. The molecule has 1 aliphatic carbocycles. The Kier molecular flexibility index (Phi) is 6.11. The first kappa shape index (κ1) is 20.9. The van der Waals surface area contributed by atoms with Crippen LogP contribution in [0.3, 0.4) is 0 Å². The van der Waals surface area contributed by atoms with Gasteiger partial charge in [0, 0.05) is 17.1 Å². The van der Waals surface area contributed by atoms with E-state index in [9.17, 15) is 9.59 Å². The number of benzene rings is 1. The number of aromatic nitrogens is 2. The van der Waals surface area contributed by atoms with Crippen LogP contribution in [0.4, 0.5) is 5.69 Å². The maximum Gasteiger partial charge on any atom is 0.263 e. The molecule has 4 rings (SSSR count). The van der Waals surface area contributed by atoms with Gasteiger partial charge >= 0.3 is 0 Å². The van der Waals surface area contributed by atoms with Crippen molar-refractivity contribution in [3.8, 4) is 0 Å². The second-order valence-corrected chi connectivity index (χ2v) is 9.86. The predicted octanol–water partition coefficient (Wildman–Crippen LogP) is 4.95. The number of hydrogen-bond acceptors (Lipinski definition) is 5. The number of thioether (sulfide) groups is 1. The molecule has 156 valence electrons. The summed E-state index contributed by atoms with van der Waals surface area (Å²) in [7, 11) is 0. The number of anilines is 1. The van der Waals surface area contributed by atoms with Crippen molar-refractivity contribution < 1.29 is 4.79 Å². The topological polar surface area (TPSA) is 64.0 Å². The van der Waals surface area contributed by atoms with Crippen molar-refractivity contribution in [1.82, 2.24) is 9.55 Å². The van der Waals surface area contributed by atoms with Crippen LogP contribution in [0.2, 0.25) is 0 Å². The van der Waals surface area contributed by atoms with E-state index in [4.69, 9.17) is 4.98 Å². The Bertz CT molecular complexity index is 1180. The lowest BCUT2D eigenvalue weighted by Gasteiger charge is -2.13. The largest absolute Gasteiger partial charge is 0.325 e. The summed E-state index contributed by atoms with van der Waals surface area (Å²) in [6.45, 7) is 8.29. The lowest BCUT2D eigenvalue weighted by molar-refractivity contribution is -0.113. The van der Waals surface area contributed by atoms with Gasteiger partial charge in [0.2, 0.25) is 5.91 Å². The van der Waals surface area contributed by atoms with E-state index in [1.807, 2.05) is 38.1 Å². The summed E-state index contributed by atoms with van der Waals surface area (Å²) in [6.07, 6.45) is 4.26. The standard InChI is InChI=1S/C23H25N3O2S2/c1-14(2)12-26-22(28)20-17-6-4-5-7-18(17)30-21(20)25-23(26)29-13-19(27)24-16-10-8-15(3)9-11-16/h8-11H,1,4-7,12-13H2,2-3H3,(H,24,27). The van der Waals surface area contributed by atoms with Gasteiger partial charge in [-0.25, -0.2) is 4.98 Å². The van der Waals surface area contributed by atoms with Gasteiger partial charge in [0.15, 0.2) is 5.16 Å². The molecule has 0 saturated heterocycles. The average molecular weight is 440 g/mol. The molecular formula is C23H25N3O2S2. The van der Waals surface area contributed by atoms with Crippen molar-refractivity contribution in [3.05, 3.63) is 62.8 Å². The molecular weight excluding hydrogens is 414 g/mol. The molecule has 0 bridgehead atoms. The fraction of sp³-hybridized carbons (Fsp3) is 0.348. The fourth-order valence-electron chi connectivity index (χ4n) is 3.70. The Morgan fingerprint density at radius 1 is 1.27 bits per heavy atom. The van der Waals surface area contributed by atoms with E-state index in [1.165, 1.54) is 28.6 Å². The number of nitrogens with one attached hydrogen (secondary N) is 1. The molecule has 3 aromatic rings. The van der Waals surface area contributed by atoms with Crippen molar-refractivity contribution in [3.63, 3.8) is 0 Å². The van der Waals surface area contributed by atoms with Gasteiger partial charge in [0.05, 0.1) is 11.1 Å². The molecule has 2 aromatic heterocycles. The third-order valence-corrected chi connectivity index (χ3v) is 7.30. The van der Waals surface area contributed by atoms with Crippen LogP contribution in [0.15, 0.2) is 46.4 Å². The molecule has 1 N–H and O–H groups in total. The minimum atomic E-state index is -0.120. The second kappa shape index (κ2) is 8.78. The zero-order valence-electron chi connectivity index (χ0n) is 17.3. The van der Waals surface area contributed by atoms with E-state index in [0.717, 1.165) is 46.3 Å². The number of nitrogens with zero attached hydrogens (tertiary/aromatic N) is 2. The number of allylic oxidation sites excluding steroid dienone is 1. The van der Waals surface area contributed by atoms with Gasteiger partial charge in [-0.15, -0.1) is 11.3 Å². The van der Waals surface area contributed by atoms with E-state index in [2.05, 4.69) is 11.9 Å². The summed E-state index contributed by atoms with van der Waals surface area (Å²) in [4.78, 5) is 32.7. The average Bonchev–Trinajstić information content (AvgIpc) is 3.09. The molecule has 2 heterocycles. The molecule has 5 nitrogen and oxygen atoms in total. The number of aryl methyl sites for hydroxylation is 3. The number of amides is 1. The highest BCUT2D eigenvalue weighted by Crippen LogP contribution is 2.34. The number of rotatable bonds is 6. The fourth-order valence-corrected chi connectivity index (χ4v) is 5.80. The summed E-state index contributed by atoms with van der Waals surface area (Å²) >= 11 is 2.93. The molecule has 1 aliphatic rings. The van der Waals surface area contributed by atoms with Crippen molar-refractivity contribution in [1.29, 1.82) is 0 Å². The van der Waals surface area contributed by atoms with Crippen LogP contribution in [-0.2, 0) is 24.2 Å². The second-order valence-electron chi connectivity index (χ2n) is 7.84. The molecule has 7 heteroatoms. The van der Waals surface area contributed by atoms with Gasteiger partial charge in [0.1, 0.15) is 4.83 Å². The number of fused-ring (bicyclic) bond motifs is 3. The van der Waals surface area contributed by atoms with E-state index >= 15 is 0 Å². The summed E-state index contributed by atoms with van der Waals surface area (Å²) in [5, 5.41) is 4.25. The first-order valence-corrected chi connectivity index (χ1v) is 11.9. The quantitative estimate of drug-likeness (QED) is 0.335. The van der Waals surface area contributed by atoms with Crippen LogP contribution in [0.5, 0.6) is 0 Å². The number of thiophene rings is 1. The van der Waals surface area contributed by atoms with E-state index in [0.29, 0.717) is 11.7 Å². The molecule has 0 fully saturated rings. The molecule has 0 radical (unpaired) electrons. The van der Waals surface area contributed by atoms with Crippen LogP contribution in [0.1, 0.15) is 35.8 Å². The highest BCUT2D eigenvalue weighted by molar-refractivity contribution is 7.99. The summed E-state index contributed by atoms with van der Waals surface area (Å²) in [5.74, 6) is 0.0677. The first-order valence-electron chi connectivity index (χ1n) is 10.1. The molecule has 30 heavy (non-hydrogen) atoms. The summed E-state index contributed by atoms with van der Waals surface area (Å²) in [5.41, 5.74) is 3.96. The minimum Gasteiger partial charge on any atom is -0.325 e. The van der Waals surface area contributed by atoms with Crippen LogP contribution < -0.4 is 10.9 Å². The zero-order chi connectivity index (χ0) is 21.3. The predicted molar refractivity (Wildman–Crippen MR) is 126 cm³/mol.